The Morgan fingerprint density at radius 1 is 1.47 bits per heavy atom. The molecule has 102 valence electrons. The molecule has 0 radical (unpaired) electrons. The lowest BCUT2D eigenvalue weighted by atomic mass is 10.3. The van der Waals surface area contributed by atoms with E-state index in [-0.39, 0.29) is 0 Å². The van der Waals surface area contributed by atoms with Gasteiger partial charge in [-0.05, 0) is 34.5 Å². The third kappa shape index (κ3) is 3.61. The van der Waals surface area contributed by atoms with Gasteiger partial charge in [0.2, 0.25) is 0 Å². The molecule has 0 fully saturated rings. The molecule has 2 aromatic heterocycles. The van der Waals surface area contributed by atoms with E-state index in [0.29, 0.717) is 0 Å². The van der Waals surface area contributed by atoms with Gasteiger partial charge in [-0.25, -0.2) is 0 Å². The van der Waals surface area contributed by atoms with E-state index in [1.807, 2.05) is 7.05 Å². The second-order valence-corrected chi connectivity index (χ2v) is 5.28. The molecule has 0 aliphatic rings. The molecule has 0 spiro atoms. The molecule has 0 saturated heterocycles. The fourth-order valence-corrected chi connectivity index (χ4v) is 2.61. The maximum atomic E-state index is 4.32. The minimum absolute atomic E-state index is 0.813. The minimum atomic E-state index is 0.813. The highest BCUT2D eigenvalue weighted by Gasteiger charge is 2.08. The van der Waals surface area contributed by atoms with Gasteiger partial charge in [-0.2, -0.15) is 11.3 Å². The van der Waals surface area contributed by atoms with Crippen molar-refractivity contribution < 1.29 is 0 Å². The Balaban J connectivity index is 1.92. The van der Waals surface area contributed by atoms with Crippen LogP contribution in [0, 0.1) is 0 Å². The van der Waals surface area contributed by atoms with Crippen molar-refractivity contribution in [2.75, 3.05) is 14.1 Å². The van der Waals surface area contributed by atoms with Crippen LogP contribution in [0.1, 0.15) is 11.3 Å². The maximum Gasteiger partial charge on any atom is 0.194 e. The zero-order chi connectivity index (χ0) is 13.7. The number of hydrogen-bond donors (Lipinski definition) is 1. The summed E-state index contributed by atoms with van der Waals surface area (Å²) >= 11 is 1.72. The van der Waals surface area contributed by atoms with Gasteiger partial charge in [0, 0.05) is 39.6 Å². The zero-order valence-corrected chi connectivity index (χ0v) is 12.4. The molecular weight excluding hydrogens is 256 g/mol. The van der Waals surface area contributed by atoms with E-state index >= 15 is 0 Å². The summed E-state index contributed by atoms with van der Waals surface area (Å²) in [5.74, 6) is 0.910. The number of rotatable bonds is 4. The van der Waals surface area contributed by atoms with Crippen molar-refractivity contribution in [2.24, 2.45) is 12.0 Å². The van der Waals surface area contributed by atoms with Crippen LogP contribution in [0.5, 0.6) is 0 Å². The molecule has 0 bridgehead atoms. The Bertz CT molecular complexity index is 527. The first-order chi connectivity index (χ1) is 9.20. The number of aryl methyl sites for hydroxylation is 1. The number of nitrogens with one attached hydrogen (secondary N) is 1. The third-order valence-electron chi connectivity index (χ3n) is 3.05. The van der Waals surface area contributed by atoms with Crippen LogP contribution in [0.4, 0.5) is 0 Å². The molecule has 2 rings (SSSR count). The first-order valence-corrected chi connectivity index (χ1v) is 7.18. The molecule has 2 aromatic rings. The van der Waals surface area contributed by atoms with Crippen LogP contribution < -0.4 is 5.32 Å². The molecule has 0 aromatic carbocycles. The van der Waals surface area contributed by atoms with Gasteiger partial charge in [-0.1, -0.05) is 0 Å². The number of guanidine groups is 1. The Morgan fingerprint density at radius 2 is 2.32 bits per heavy atom. The predicted octanol–water partition coefficient (Wildman–Crippen LogP) is 2.29. The molecule has 0 aliphatic carbocycles. The van der Waals surface area contributed by atoms with Gasteiger partial charge in [0.25, 0.3) is 0 Å². The van der Waals surface area contributed by atoms with Crippen molar-refractivity contribution in [1.29, 1.82) is 0 Å². The van der Waals surface area contributed by atoms with Crippen LogP contribution in [-0.2, 0) is 20.1 Å². The third-order valence-corrected chi connectivity index (χ3v) is 3.79. The average Bonchev–Trinajstić information content (AvgIpc) is 3.03. The number of hydrogen-bond acceptors (Lipinski definition) is 2. The highest BCUT2D eigenvalue weighted by Crippen LogP contribution is 2.06. The van der Waals surface area contributed by atoms with E-state index in [2.05, 4.69) is 69.0 Å². The van der Waals surface area contributed by atoms with E-state index in [9.17, 15) is 0 Å². The first-order valence-electron chi connectivity index (χ1n) is 6.23. The second-order valence-electron chi connectivity index (χ2n) is 4.50. The van der Waals surface area contributed by atoms with Gasteiger partial charge in [0.05, 0.1) is 6.54 Å². The van der Waals surface area contributed by atoms with Gasteiger partial charge >= 0.3 is 0 Å². The summed E-state index contributed by atoms with van der Waals surface area (Å²) in [5, 5.41) is 7.62. The molecular formula is C14H20N4S. The molecule has 19 heavy (non-hydrogen) atoms. The van der Waals surface area contributed by atoms with Crippen molar-refractivity contribution >= 4 is 17.3 Å². The van der Waals surface area contributed by atoms with Crippen LogP contribution >= 0.6 is 11.3 Å². The van der Waals surface area contributed by atoms with E-state index in [1.54, 1.807) is 11.3 Å². The molecule has 0 amide bonds. The van der Waals surface area contributed by atoms with Gasteiger partial charge < -0.3 is 14.8 Å². The summed E-state index contributed by atoms with van der Waals surface area (Å²) in [4.78, 5) is 6.45. The Morgan fingerprint density at radius 3 is 2.89 bits per heavy atom. The lowest BCUT2D eigenvalue weighted by Crippen LogP contribution is -2.38. The van der Waals surface area contributed by atoms with Crippen molar-refractivity contribution in [2.45, 2.75) is 13.1 Å². The molecule has 5 heteroatoms. The monoisotopic (exact) mass is 276 g/mol. The quantitative estimate of drug-likeness (QED) is 0.686. The summed E-state index contributed by atoms with van der Waals surface area (Å²) in [6.45, 7) is 1.65. The standard InChI is InChI=1S/C14H20N4S/c1-15-14(16-9-12-6-8-19-11-12)18(3)10-13-5-4-7-17(13)2/h4-8,11H,9-10H2,1-3H3,(H,15,16). The van der Waals surface area contributed by atoms with Gasteiger partial charge in [-0.3, -0.25) is 4.99 Å². The predicted molar refractivity (Wildman–Crippen MR) is 81.4 cm³/mol. The summed E-state index contributed by atoms with van der Waals surface area (Å²) in [6.07, 6.45) is 2.06. The number of nitrogens with zero attached hydrogens (tertiary/aromatic N) is 3. The maximum absolute atomic E-state index is 4.32. The van der Waals surface area contributed by atoms with E-state index in [4.69, 9.17) is 0 Å². The summed E-state index contributed by atoms with van der Waals surface area (Å²) < 4.78 is 2.13. The topological polar surface area (TPSA) is 32.6 Å². The average molecular weight is 276 g/mol. The van der Waals surface area contributed by atoms with Gasteiger partial charge in [0.1, 0.15) is 0 Å². The summed E-state index contributed by atoms with van der Waals surface area (Å²) in [5.41, 5.74) is 2.56. The molecule has 1 N–H and O–H groups in total. The van der Waals surface area contributed by atoms with Crippen molar-refractivity contribution in [3.05, 3.63) is 46.4 Å². The molecule has 4 nitrogen and oxygen atoms in total. The van der Waals surface area contributed by atoms with Crippen LogP contribution in [0.25, 0.3) is 0 Å². The van der Waals surface area contributed by atoms with Crippen molar-refractivity contribution in [3.63, 3.8) is 0 Å². The Hall–Kier alpha value is -1.75. The number of thiophene rings is 1. The Kier molecular flexibility index (Phi) is 4.63. The van der Waals surface area contributed by atoms with Crippen LogP contribution in [0.15, 0.2) is 40.1 Å². The lowest BCUT2D eigenvalue weighted by Gasteiger charge is -2.22. The summed E-state index contributed by atoms with van der Waals surface area (Å²) in [7, 11) is 5.93. The fourth-order valence-electron chi connectivity index (χ4n) is 1.94. The lowest BCUT2D eigenvalue weighted by molar-refractivity contribution is 0.462. The van der Waals surface area contributed by atoms with Gasteiger partial charge in [-0.15, -0.1) is 0 Å². The number of aliphatic imine (C=N–C) groups is 1. The highest BCUT2D eigenvalue weighted by molar-refractivity contribution is 7.07. The van der Waals surface area contributed by atoms with E-state index in [0.717, 1.165) is 19.0 Å². The van der Waals surface area contributed by atoms with E-state index < -0.39 is 0 Å². The highest BCUT2D eigenvalue weighted by atomic mass is 32.1. The normalized spacial score (nSPS) is 11.6. The van der Waals surface area contributed by atoms with Crippen molar-refractivity contribution in [1.82, 2.24) is 14.8 Å². The zero-order valence-electron chi connectivity index (χ0n) is 11.6. The van der Waals surface area contributed by atoms with Crippen molar-refractivity contribution in [3.8, 4) is 0 Å². The molecule has 0 atom stereocenters. The molecule has 0 saturated carbocycles. The fraction of sp³-hybridized carbons (Fsp3) is 0.357. The second kappa shape index (κ2) is 6.43. The number of aromatic nitrogens is 1. The smallest absolute Gasteiger partial charge is 0.194 e. The van der Waals surface area contributed by atoms with Gasteiger partial charge in [0.15, 0.2) is 5.96 Å². The van der Waals surface area contributed by atoms with Crippen LogP contribution in [0.3, 0.4) is 0 Å². The largest absolute Gasteiger partial charge is 0.353 e. The van der Waals surface area contributed by atoms with E-state index in [1.165, 1.54) is 11.3 Å². The molecule has 0 unspecified atom stereocenters. The van der Waals surface area contributed by atoms with Crippen LogP contribution in [-0.4, -0.2) is 29.5 Å². The SMILES string of the molecule is CN=C(NCc1ccsc1)N(C)Cc1cccn1C. The summed E-state index contributed by atoms with van der Waals surface area (Å²) in [6, 6.07) is 6.31. The van der Waals surface area contributed by atoms with Crippen LogP contribution in [0.2, 0.25) is 0 Å². The molecule has 0 aliphatic heterocycles. The molecule has 2 heterocycles. The first kappa shape index (κ1) is 13.7. The Labute approximate surface area is 118 Å². The minimum Gasteiger partial charge on any atom is -0.353 e.